The van der Waals surface area contributed by atoms with Gasteiger partial charge in [-0.2, -0.15) is 0 Å². The monoisotopic (exact) mass is 294 g/mol. The van der Waals surface area contributed by atoms with Crippen molar-refractivity contribution in [3.8, 4) is 0 Å². The first-order valence-corrected chi connectivity index (χ1v) is 6.80. The first-order chi connectivity index (χ1) is 9.62. The number of carbonyl (C=O) groups is 1. The molecule has 0 amide bonds. The van der Waals surface area contributed by atoms with Gasteiger partial charge in [-0.05, 0) is 30.5 Å². The average molecular weight is 294 g/mol. The molecular formula is C15H18O4S. The molecule has 1 aromatic rings. The van der Waals surface area contributed by atoms with Gasteiger partial charge < -0.3 is 14.2 Å². The molecule has 0 aliphatic carbocycles. The molecule has 20 heavy (non-hydrogen) atoms. The number of rotatable bonds is 6. The summed E-state index contributed by atoms with van der Waals surface area (Å²) < 4.78 is 15.1. The van der Waals surface area contributed by atoms with Gasteiger partial charge in [-0.3, -0.25) is 0 Å². The van der Waals surface area contributed by atoms with E-state index >= 15 is 0 Å². The molecular weight excluding hydrogens is 276 g/mol. The fourth-order valence-electron chi connectivity index (χ4n) is 1.50. The summed E-state index contributed by atoms with van der Waals surface area (Å²) in [6.45, 7) is 1.82. The third-order valence-corrected chi connectivity index (χ3v) is 3.41. The van der Waals surface area contributed by atoms with Gasteiger partial charge in [0.05, 0.1) is 27.4 Å². The van der Waals surface area contributed by atoms with E-state index in [2.05, 4.69) is 4.74 Å². The van der Waals surface area contributed by atoms with Crippen LogP contribution >= 0.6 is 11.3 Å². The summed E-state index contributed by atoms with van der Waals surface area (Å²) in [6, 6.07) is 3.98. The van der Waals surface area contributed by atoms with Crippen molar-refractivity contribution in [3.63, 3.8) is 0 Å². The zero-order valence-electron chi connectivity index (χ0n) is 12.0. The molecule has 1 aromatic heterocycles. The topological polar surface area (TPSA) is 44.8 Å². The maximum absolute atomic E-state index is 11.3. The van der Waals surface area contributed by atoms with Crippen LogP contribution < -0.4 is 0 Å². The second kappa shape index (κ2) is 8.22. The Morgan fingerprint density at radius 1 is 1.20 bits per heavy atom. The van der Waals surface area contributed by atoms with E-state index in [9.17, 15) is 4.79 Å². The van der Waals surface area contributed by atoms with Crippen molar-refractivity contribution in [2.45, 2.75) is 6.92 Å². The molecule has 0 N–H and O–H groups in total. The van der Waals surface area contributed by atoms with Crippen LogP contribution in [0.3, 0.4) is 0 Å². The van der Waals surface area contributed by atoms with Gasteiger partial charge in [0, 0.05) is 10.5 Å². The van der Waals surface area contributed by atoms with Gasteiger partial charge in [0.15, 0.2) is 0 Å². The lowest BCUT2D eigenvalue weighted by Crippen LogP contribution is -2.01. The SMILES string of the molecule is COC(=O)\C=C(OC)/C(C)=C(\C=C\c1cccs1)OC. The number of hydrogen-bond donors (Lipinski definition) is 0. The largest absolute Gasteiger partial charge is 0.496 e. The molecule has 1 rings (SSSR count). The lowest BCUT2D eigenvalue weighted by Gasteiger charge is -2.10. The third-order valence-electron chi connectivity index (χ3n) is 2.57. The number of ether oxygens (including phenoxy) is 3. The number of methoxy groups -OCH3 is 3. The number of esters is 1. The Morgan fingerprint density at radius 2 is 1.95 bits per heavy atom. The van der Waals surface area contributed by atoms with Crippen molar-refractivity contribution in [2.24, 2.45) is 0 Å². The molecule has 0 aromatic carbocycles. The van der Waals surface area contributed by atoms with Crippen molar-refractivity contribution in [1.82, 2.24) is 0 Å². The molecule has 0 aliphatic rings. The van der Waals surface area contributed by atoms with E-state index in [1.165, 1.54) is 20.3 Å². The maximum Gasteiger partial charge on any atom is 0.334 e. The molecule has 0 bridgehead atoms. The molecule has 108 valence electrons. The van der Waals surface area contributed by atoms with Crippen LogP contribution in [0.5, 0.6) is 0 Å². The summed E-state index contributed by atoms with van der Waals surface area (Å²) in [5.41, 5.74) is 0.716. The zero-order chi connectivity index (χ0) is 15.0. The van der Waals surface area contributed by atoms with E-state index in [-0.39, 0.29) is 0 Å². The fraction of sp³-hybridized carbons (Fsp3) is 0.267. The Bertz CT molecular complexity index is 524. The normalized spacial score (nSPS) is 13.1. The Labute approximate surface area is 123 Å². The van der Waals surface area contributed by atoms with Crippen LogP contribution in [-0.2, 0) is 19.0 Å². The number of hydrogen-bond acceptors (Lipinski definition) is 5. The highest BCUT2D eigenvalue weighted by molar-refractivity contribution is 7.10. The highest BCUT2D eigenvalue weighted by Gasteiger charge is 2.09. The van der Waals surface area contributed by atoms with Gasteiger partial charge in [0.2, 0.25) is 0 Å². The van der Waals surface area contributed by atoms with E-state index in [1.54, 1.807) is 18.4 Å². The molecule has 0 unspecified atom stereocenters. The van der Waals surface area contributed by atoms with Crippen LogP contribution in [0, 0.1) is 0 Å². The van der Waals surface area contributed by atoms with Crippen molar-refractivity contribution in [3.05, 3.63) is 51.6 Å². The predicted molar refractivity (Wildman–Crippen MR) is 80.2 cm³/mol. The molecule has 5 heteroatoms. The molecule has 0 radical (unpaired) electrons. The van der Waals surface area contributed by atoms with Crippen LogP contribution in [0.4, 0.5) is 0 Å². The van der Waals surface area contributed by atoms with Crippen molar-refractivity contribution >= 4 is 23.4 Å². The highest BCUT2D eigenvalue weighted by atomic mass is 32.1. The lowest BCUT2D eigenvalue weighted by molar-refractivity contribution is -0.135. The first-order valence-electron chi connectivity index (χ1n) is 5.92. The van der Waals surface area contributed by atoms with Crippen molar-refractivity contribution in [1.29, 1.82) is 0 Å². The first kappa shape index (κ1) is 16.0. The minimum Gasteiger partial charge on any atom is -0.496 e. The molecule has 1 heterocycles. The van der Waals surface area contributed by atoms with Gasteiger partial charge in [0.1, 0.15) is 11.5 Å². The highest BCUT2D eigenvalue weighted by Crippen LogP contribution is 2.19. The smallest absolute Gasteiger partial charge is 0.334 e. The standard InChI is InChI=1S/C15H18O4S/c1-11(14(18-3)10-15(16)19-4)13(17-2)8-7-12-6-5-9-20-12/h5-10H,1-4H3/b8-7+,13-11+,14-10+. The second-order valence-corrected chi connectivity index (χ2v) is 4.76. The van der Waals surface area contributed by atoms with Crippen LogP contribution in [0.2, 0.25) is 0 Å². The van der Waals surface area contributed by atoms with Crippen LogP contribution in [0.25, 0.3) is 6.08 Å². The van der Waals surface area contributed by atoms with Gasteiger partial charge in [-0.25, -0.2) is 4.79 Å². The van der Waals surface area contributed by atoms with E-state index in [0.29, 0.717) is 17.1 Å². The molecule has 4 nitrogen and oxygen atoms in total. The van der Waals surface area contributed by atoms with E-state index < -0.39 is 5.97 Å². The maximum atomic E-state index is 11.3. The molecule has 0 fully saturated rings. The van der Waals surface area contributed by atoms with E-state index in [4.69, 9.17) is 9.47 Å². The van der Waals surface area contributed by atoms with Gasteiger partial charge in [-0.1, -0.05) is 6.07 Å². The lowest BCUT2D eigenvalue weighted by atomic mass is 10.2. The fourth-order valence-corrected chi connectivity index (χ4v) is 2.12. The Morgan fingerprint density at radius 3 is 2.45 bits per heavy atom. The zero-order valence-corrected chi connectivity index (χ0v) is 12.8. The number of carbonyl (C=O) groups excluding carboxylic acids is 1. The van der Waals surface area contributed by atoms with Gasteiger partial charge in [-0.15, -0.1) is 11.3 Å². The van der Waals surface area contributed by atoms with Gasteiger partial charge >= 0.3 is 5.97 Å². The minimum absolute atomic E-state index is 0.407. The van der Waals surface area contributed by atoms with E-state index in [0.717, 1.165) is 4.88 Å². The van der Waals surface area contributed by atoms with Crippen LogP contribution in [0.15, 0.2) is 46.8 Å². The average Bonchev–Trinajstić information content (AvgIpc) is 2.98. The second-order valence-electron chi connectivity index (χ2n) is 3.78. The molecule has 0 saturated heterocycles. The quantitative estimate of drug-likeness (QED) is 0.349. The minimum atomic E-state index is -0.473. The van der Waals surface area contributed by atoms with Crippen LogP contribution in [0.1, 0.15) is 11.8 Å². The molecule has 0 spiro atoms. The predicted octanol–water partition coefficient (Wildman–Crippen LogP) is 3.39. The van der Waals surface area contributed by atoms with Crippen molar-refractivity contribution < 1.29 is 19.0 Å². The number of thiophene rings is 1. The summed E-state index contributed by atoms with van der Waals surface area (Å²) in [5.74, 6) is 0.554. The van der Waals surface area contributed by atoms with Gasteiger partial charge in [0.25, 0.3) is 0 Å². The van der Waals surface area contributed by atoms with Crippen LogP contribution in [-0.4, -0.2) is 27.3 Å². The Kier molecular flexibility index (Phi) is 6.59. The Hall–Kier alpha value is -2.01. The summed E-state index contributed by atoms with van der Waals surface area (Å²) in [4.78, 5) is 12.4. The Balaban J connectivity index is 3.04. The third kappa shape index (κ3) is 4.59. The summed E-state index contributed by atoms with van der Waals surface area (Å²) in [7, 11) is 4.39. The summed E-state index contributed by atoms with van der Waals surface area (Å²) in [6.07, 6.45) is 5.07. The molecule has 0 aliphatic heterocycles. The summed E-state index contributed by atoms with van der Waals surface area (Å²) >= 11 is 1.63. The van der Waals surface area contributed by atoms with Crippen molar-refractivity contribution in [2.75, 3.05) is 21.3 Å². The van der Waals surface area contributed by atoms with E-state index in [1.807, 2.05) is 36.6 Å². The molecule has 0 saturated carbocycles. The molecule has 0 atom stereocenters. The summed E-state index contributed by atoms with van der Waals surface area (Å²) in [5, 5.41) is 2.00. The number of allylic oxidation sites excluding steroid dienone is 2.